The fourth-order valence-electron chi connectivity index (χ4n) is 3.91. The van der Waals surface area contributed by atoms with Crippen LogP contribution in [0.2, 0.25) is 0 Å². The van der Waals surface area contributed by atoms with E-state index in [1.165, 1.54) is 4.57 Å². The number of anilines is 1. The van der Waals surface area contributed by atoms with Gasteiger partial charge in [-0.05, 0) is 51.5 Å². The first kappa shape index (κ1) is 23.1. The third-order valence-electron chi connectivity index (χ3n) is 5.29. The van der Waals surface area contributed by atoms with Crippen LogP contribution in [0.25, 0.3) is 16.9 Å². The van der Waals surface area contributed by atoms with Gasteiger partial charge < -0.3 is 15.4 Å². The predicted molar refractivity (Wildman–Crippen MR) is 122 cm³/mol. The Morgan fingerprint density at radius 3 is 2.52 bits per heavy atom. The molecule has 1 aliphatic heterocycles. The number of likely N-dealkylation sites (tertiary alicyclic amines) is 1. The zero-order chi connectivity index (χ0) is 24.1. The SMILES string of the molecule is CC(C)(C)OC(=O)N1CC[C@H](n2c(=O)n(-c3ccc(Br)cc3)c3c(N)ncnc32)C(F)(F)C1. The minimum atomic E-state index is -3.42. The van der Waals surface area contributed by atoms with Crippen molar-refractivity contribution in [2.45, 2.75) is 44.8 Å². The molecule has 176 valence electrons. The van der Waals surface area contributed by atoms with E-state index in [0.717, 1.165) is 20.3 Å². The lowest BCUT2D eigenvalue weighted by atomic mass is 10.0. The topological polar surface area (TPSA) is 108 Å². The highest BCUT2D eigenvalue weighted by molar-refractivity contribution is 9.10. The van der Waals surface area contributed by atoms with Gasteiger partial charge in [0.15, 0.2) is 11.5 Å². The van der Waals surface area contributed by atoms with E-state index in [9.17, 15) is 9.59 Å². The molecule has 3 heterocycles. The van der Waals surface area contributed by atoms with Crippen LogP contribution in [0, 0.1) is 0 Å². The Balaban J connectivity index is 1.79. The summed E-state index contributed by atoms with van der Waals surface area (Å²) < 4.78 is 39.0. The molecule has 1 saturated heterocycles. The number of alkyl halides is 2. The largest absolute Gasteiger partial charge is 0.444 e. The summed E-state index contributed by atoms with van der Waals surface area (Å²) in [6, 6.07) is 5.23. The Morgan fingerprint density at radius 1 is 1.24 bits per heavy atom. The Bertz CT molecular complexity index is 1270. The molecule has 0 spiro atoms. The van der Waals surface area contributed by atoms with E-state index in [-0.39, 0.29) is 29.9 Å². The number of fused-ring (bicyclic) bond motifs is 1. The summed E-state index contributed by atoms with van der Waals surface area (Å²) in [7, 11) is 0. The number of imidazole rings is 1. The van der Waals surface area contributed by atoms with E-state index in [0.29, 0.717) is 5.69 Å². The molecule has 9 nitrogen and oxygen atoms in total. The number of piperidine rings is 1. The molecule has 12 heteroatoms. The summed E-state index contributed by atoms with van der Waals surface area (Å²) in [4.78, 5) is 34.8. The van der Waals surface area contributed by atoms with Crippen LogP contribution < -0.4 is 11.4 Å². The van der Waals surface area contributed by atoms with Crippen molar-refractivity contribution in [3.8, 4) is 5.69 Å². The van der Waals surface area contributed by atoms with E-state index in [4.69, 9.17) is 10.5 Å². The summed E-state index contributed by atoms with van der Waals surface area (Å²) in [6.45, 7) is 4.10. The number of carbonyl (C=O) groups is 1. The van der Waals surface area contributed by atoms with Crippen LogP contribution in [0.15, 0.2) is 39.9 Å². The van der Waals surface area contributed by atoms with Gasteiger partial charge in [-0.15, -0.1) is 0 Å². The molecule has 1 aliphatic rings. The lowest BCUT2D eigenvalue weighted by Gasteiger charge is -2.38. The number of halogens is 3. The number of hydrogen-bond acceptors (Lipinski definition) is 6. The Hall–Kier alpha value is -3.02. The Kier molecular flexibility index (Phi) is 5.67. The Morgan fingerprint density at radius 2 is 1.91 bits per heavy atom. The van der Waals surface area contributed by atoms with E-state index >= 15 is 8.78 Å². The number of ether oxygens (including phenoxy) is 1. The molecule has 0 bridgehead atoms. The molecule has 33 heavy (non-hydrogen) atoms. The smallest absolute Gasteiger partial charge is 0.410 e. The Labute approximate surface area is 196 Å². The summed E-state index contributed by atoms with van der Waals surface area (Å²) in [6.07, 6.45) is 0.139. The number of nitrogen functional groups attached to an aromatic ring is 1. The molecule has 1 amide bonds. The molecular weight excluding hydrogens is 502 g/mol. The molecule has 4 rings (SSSR count). The normalized spacial score (nSPS) is 18.5. The van der Waals surface area contributed by atoms with Crippen LogP contribution in [-0.2, 0) is 4.74 Å². The molecule has 0 saturated carbocycles. The summed E-state index contributed by atoms with van der Waals surface area (Å²) in [5, 5.41) is 0. The van der Waals surface area contributed by atoms with Crippen LogP contribution in [0.3, 0.4) is 0 Å². The average Bonchev–Trinajstić information content (AvgIpc) is 3.00. The number of amides is 1. The molecule has 0 aliphatic carbocycles. The summed E-state index contributed by atoms with van der Waals surface area (Å²) in [5.41, 5.74) is 5.09. The van der Waals surface area contributed by atoms with Crippen molar-refractivity contribution in [3.63, 3.8) is 0 Å². The maximum Gasteiger partial charge on any atom is 0.410 e. The van der Waals surface area contributed by atoms with Gasteiger partial charge in [0.05, 0.1) is 12.2 Å². The average molecular weight is 525 g/mol. The molecule has 1 aromatic carbocycles. The number of hydrogen-bond donors (Lipinski definition) is 1. The van der Waals surface area contributed by atoms with Gasteiger partial charge in [-0.25, -0.2) is 28.3 Å². The molecule has 1 fully saturated rings. The molecule has 2 aromatic heterocycles. The fraction of sp³-hybridized carbons (Fsp3) is 0.429. The van der Waals surface area contributed by atoms with E-state index < -0.39 is 35.9 Å². The first-order valence-electron chi connectivity index (χ1n) is 10.2. The van der Waals surface area contributed by atoms with Crippen LogP contribution in [0.1, 0.15) is 33.2 Å². The van der Waals surface area contributed by atoms with Gasteiger partial charge in [-0.1, -0.05) is 15.9 Å². The number of benzene rings is 1. The monoisotopic (exact) mass is 524 g/mol. The van der Waals surface area contributed by atoms with E-state index in [1.54, 1.807) is 45.0 Å². The van der Waals surface area contributed by atoms with Gasteiger partial charge in [0.1, 0.15) is 23.5 Å². The fourth-order valence-corrected chi connectivity index (χ4v) is 4.17. The molecule has 0 radical (unpaired) electrons. The van der Waals surface area contributed by atoms with E-state index in [2.05, 4.69) is 25.9 Å². The highest BCUT2D eigenvalue weighted by atomic mass is 79.9. The van der Waals surface area contributed by atoms with Crippen molar-refractivity contribution in [1.29, 1.82) is 0 Å². The van der Waals surface area contributed by atoms with Crippen molar-refractivity contribution in [2.75, 3.05) is 18.8 Å². The maximum atomic E-state index is 15.4. The zero-order valence-corrected chi connectivity index (χ0v) is 19.8. The number of nitrogens with two attached hydrogens (primary N) is 1. The van der Waals surface area contributed by atoms with E-state index in [1.807, 2.05) is 0 Å². The van der Waals surface area contributed by atoms with Gasteiger partial charge in [-0.2, -0.15) is 0 Å². The second-order valence-corrected chi connectivity index (χ2v) is 9.78. The summed E-state index contributed by atoms with van der Waals surface area (Å²) >= 11 is 3.34. The van der Waals surface area contributed by atoms with Gasteiger partial charge in [0.2, 0.25) is 0 Å². The number of carbonyl (C=O) groups excluding carboxylic acids is 1. The molecule has 2 N–H and O–H groups in total. The van der Waals surface area contributed by atoms with Gasteiger partial charge in [-0.3, -0.25) is 9.13 Å². The molecule has 1 atom stereocenters. The second kappa shape index (κ2) is 8.08. The lowest BCUT2D eigenvalue weighted by molar-refractivity contribution is -0.103. The second-order valence-electron chi connectivity index (χ2n) is 8.86. The summed E-state index contributed by atoms with van der Waals surface area (Å²) in [5.74, 6) is -3.43. The number of rotatable bonds is 2. The van der Waals surface area contributed by atoms with Crippen molar-refractivity contribution < 1.29 is 18.3 Å². The first-order chi connectivity index (χ1) is 15.4. The molecule has 0 unspecified atom stereocenters. The van der Waals surface area contributed by atoms with Crippen molar-refractivity contribution >= 4 is 39.0 Å². The molecular formula is C21H23BrF2N6O3. The number of nitrogens with zero attached hydrogens (tertiary/aromatic N) is 5. The van der Waals surface area contributed by atoms with Crippen molar-refractivity contribution in [2.24, 2.45) is 0 Å². The maximum absolute atomic E-state index is 15.4. The van der Waals surface area contributed by atoms with Crippen molar-refractivity contribution in [3.05, 3.63) is 45.5 Å². The first-order valence-corrected chi connectivity index (χ1v) is 11.0. The lowest BCUT2D eigenvalue weighted by Crippen LogP contribution is -2.53. The standard InChI is InChI=1S/C21H23BrF2N6O3/c1-20(2,3)33-19(32)28-9-8-14(21(23,24)10-28)30-17-15(16(25)26-11-27-17)29(18(30)31)13-6-4-12(22)5-7-13/h4-7,11,14H,8-10H2,1-3H3,(H2,25,26,27)/t14-/m0/s1. The third kappa shape index (κ3) is 4.31. The quantitative estimate of drug-likeness (QED) is 0.546. The predicted octanol–water partition coefficient (Wildman–Crippen LogP) is 3.74. The van der Waals surface area contributed by atoms with Crippen molar-refractivity contribution in [1.82, 2.24) is 24.0 Å². The number of aromatic nitrogens is 4. The van der Waals surface area contributed by atoms with Crippen LogP contribution in [0.5, 0.6) is 0 Å². The van der Waals surface area contributed by atoms with Gasteiger partial charge >= 0.3 is 11.8 Å². The van der Waals surface area contributed by atoms with Crippen LogP contribution in [0.4, 0.5) is 19.4 Å². The minimum absolute atomic E-state index is 0.00538. The van der Waals surface area contributed by atoms with Crippen LogP contribution in [-0.4, -0.2) is 54.7 Å². The molecule has 3 aromatic rings. The zero-order valence-electron chi connectivity index (χ0n) is 18.3. The van der Waals surface area contributed by atoms with Gasteiger partial charge in [0.25, 0.3) is 5.92 Å². The highest BCUT2D eigenvalue weighted by Gasteiger charge is 2.49. The van der Waals surface area contributed by atoms with Crippen LogP contribution >= 0.6 is 15.9 Å². The highest BCUT2D eigenvalue weighted by Crippen LogP contribution is 2.38. The van der Waals surface area contributed by atoms with Gasteiger partial charge in [0, 0.05) is 11.0 Å². The third-order valence-corrected chi connectivity index (χ3v) is 5.82. The minimum Gasteiger partial charge on any atom is -0.444 e.